The predicted molar refractivity (Wildman–Crippen MR) is 81.0 cm³/mol. The van der Waals surface area contributed by atoms with E-state index in [1.54, 1.807) is 26.2 Å². The highest BCUT2D eigenvalue weighted by Crippen LogP contribution is 2.45. The summed E-state index contributed by atoms with van der Waals surface area (Å²) in [6, 6.07) is 3.58. The van der Waals surface area contributed by atoms with E-state index in [4.69, 9.17) is 23.4 Å². The average Bonchev–Trinajstić information content (AvgIpc) is 3.07. The van der Waals surface area contributed by atoms with Crippen molar-refractivity contribution in [2.45, 2.75) is 70.2 Å². The third kappa shape index (κ3) is 3.32. The fraction of sp³-hybridized carbons (Fsp3) is 0.647. The van der Waals surface area contributed by atoms with Gasteiger partial charge in [0, 0.05) is 20.3 Å². The summed E-state index contributed by atoms with van der Waals surface area (Å²) in [5, 5.41) is 0. The molecule has 1 aliphatic heterocycles. The Kier molecular flexibility index (Phi) is 4.40. The summed E-state index contributed by atoms with van der Waals surface area (Å²) < 4.78 is 28.4. The molecule has 0 amide bonds. The van der Waals surface area contributed by atoms with Crippen molar-refractivity contribution in [3.8, 4) is 0 Å². The van der Waals surface area contributed by atoms with Gasteiger partial charge in [-0.15, -0.1) is 0 Å². The summed E-state index contributed by atoms with van der Waals surface area (Å²) in [6.45, 7) is 6.27. The second kappa shape index (κ2) is 6.22. The first-order valence-corrected chi connectivity index (χ1v) is 8.00. The summed E-state index contributed by atoms with van der Waals surface area (Å²) in [6.07, 6.45) is -0.144. The summed E-state index contributed by atoms with van der Waals surface area (Å²) in [4.78, 5) is 23.1. The molecule has 7 nitrogen and oxygen atoms in total. The highest BCUT2D eigenvalue weighted by atomic mass is 16.8. The van der Waals surface area contributed by atoms with Gasteiger partial charge in [0.1, 0.15) is 30.2 Å². The van der Waals surface area contributed by atoms with Crippen LogP contribution < -0.4 is 0 Å². The third-order valence-corrected chi connectivity index (χ3v) is 4.26. The van der Waals surface area contributed by atoms with E-state index in [1.165, 1.54) is 13.8 Å². The number of carbonyl (C=O) groups excluding carboxylic acids is 2. The SMILES string of the molecule is CC(=O)O[C@H]1CC(c2ccco2)[C@H](OC(C)=O)[C@@H]2OC(C)(C)O[C@@H]21. The minimum Gasteiger partial charge on any atom is -0.469 e. The fourth-order valence-electron chi connectivity index (χ4n) is 3.56. The Morgan fingerprint density at radius 1 is 1.12 bits per heavy atom. The van der Waals surface area contributed by atoms with Gasteiger partial charge in [0.25, 0.3) is 0 Å². The topological polar surface area (TPSA) is 84.2 Å². The van der Waals surface area contributed by atoms with Crippen LogP contribution in [0.25, 0.3) is 0 Å². The van der Waals surface area contributed by atoms with Crippen LogP contribution in [0.4, 0.5) is 0 Å². The summed E-state index contributed by atoms with van der Waals surface area (Å²) in [5.74, 6) is -1.28. The van der Waals surface area contributed by atoms with Crippen molar-refractivity contribution in [3.05, 3.63) is 24.2 Å². The zero-order valence-electron chi connectivity index (χ0n) is 14.2. The van der Waals surface area contributed by atoms with Crippen LogP contribution in [0.1, 0.15) is 45.8 Å². The summed E-state index contributed by atoms with van der Waals surface area (Å²) >= 11 is 0. The van der Waals surface area contributed by atoms with Gasteiger partial charge in [-0.05, 0) is 26.0 Å². The standard InChI is InChI=1S/C17H22O7/c1-9(18)21-13-8-11(12-6-5-7-20-12)14(22-10(2)19)16-15(13)23-17(3,4)24-16/h5-7,11,13-16H,8H2,1-4H3/t11?,13-,14-,15+,16-/m0/s1. The minimum atomic E-state index is -0.857. The lowest BCUT2D eigenvalue weighted by molar-refractivity contribution is -0.174. The van der Waals surface area contributed by atoms with Crippen LogP contribution in [-0.4, -0.2) is 42.1 Å². The van der Waals surface area contributed by atoms with E-state index in [9.17, 15) is 9.59 Å². The van der Waals surface area contributed by atoms with Gasteiger partial charge in [0.2, 0.25) is 0 Å². The second-order valence-corrected chi connectivity index (χ2v) is 6.64. The Labute approximate surface area is 140 Å². The maximum atomic E-state index is 11.6. The molecule has 0 aromatic carbocycles. The zero-order valence-corrected chi connectivity index (χ0v) is 14.2. The van der Waals surface area contributed by atoms with Crippen LogP contribution in [0, 0.1) is 0 Å². The Morgan fingerprint density at radius 2 is 1.79 bits per heavy atom. The molecule has 7 heteroatoms. The quantitative estimate of drug-likeness (QED) is 0.781. The summed E-state index contributed by atoms with van der Waals surface area (Å²) in [5.41, 5.74) is 0. The molecule has 2 aliphatic rings. The molecule has 24 heavy (non-hydrogen) atoms. The number of hydrogen-bond donors (Lipinski definition) is 0. The second-order valence-electron chi connectivity index (χ2n) is 6.64. The summed E-state index contributed by atoms with van der Waals surface area (Å²) in [7, 11) is 0. The van der Waals surface area contributed by atoms with E-state index in [-0.39, 0.29) is 5.92 Å². The van der Waals surface area contributed by atoms with Gasteiger partial charge < -0.3 is 23.4 Å². The predicted octanol–water partition coefficient (Wildman–Crippen LogP) is 2.15. The Morgan fingerprint density at radius 3 is 2.38 bits per heavy atom. The van der Waals surface area contributed by atoms with Crippen molar-refractivity contribution < 1.29 is 33.0 Å². The van der Waals surface area contributed by atoms with Crippen LogP contribution in [0.15, 0.2) is 22.8 Å². The number of carbonyl (C=O) groups is 2. The van der Waals surface area contributed by atoms with Crippen LogP contribution >= 0.6 is 0 Å². The van der Waals surface area contributed by atoms with E-state index in [2.05, 4.69) is 0 Å². The van der Waals surface area contributed by atoms with Gasteiger partial charge in [-0.2, -0.15) is 0 Å². The molecule has 3 rings (SSSR count). The van der Waals surface area contributed by atoms with Crippen LogP contribution in [-0.2, 0) is 28.5 Å². The first-order chi connectivity index (χ1) is 11.3. The lowest BCUT2D eigenvalue weighted by Crippen LogP contribution is -2.53. The zero-order chi connectivity index (χ0) is 17.5. The van der Waals surface area contributed by atoms with Crippen molar-refractivity contribution in [1.82, 2.24) is 0 Å². The number of furan rings is 1. The smallest absolute Gasteiger partial charge is 0.303 e. The molecular formula is C17H22O7. The molecule has 1 saturated heterocycles. The number of hydrogen-bond acceptors (Lipinski definition) is 7. The molecule has 2 heterocycles. The van der Waals surface area contributed by atoms with Crippen molar-refractivity contribution >= 4 is 11.9 Å². The monoisotopic (exact) mass is 338 g/mol. The number of fused-ring (bicyclic) bond motifs is 1. The first kappa shape index (κ1) is 17.0. The molecule has 0 bridgehead atoms. The van der Waals surface area contributed by atoms with Gasteiger partial charge in [-0.1, -0.05) is 0 Å². The van der Waals surface area contributed by atoms with Crippen LogP contribution in [0.3, 0.4) is 0 Å². The van der Waals surface area contributed by atoms with Crippen LogP contribution in [0.5, 0.6) is 0 Å². The average molecular weight is 338 g/mol. The largest absolute Gasteiger partial charge is 0.469 e. The molecule has 1 aromatic rings. The molecule has 0 N–H and O–H groups in total. The fourth-order valence-corrected chi connectivity index (χ4v) is 3.56. The normalized spacial score (nSPS) is 34.4. The molecular weight excluding hydrogens is 316 g/mol. The Balaban J connectivity index is 1.95. The Bertz CT molecular complexity index is 606. The van der Waals surface area contributed by atoms with Crippen LogP contribution in [0.2, 0.25) is 0 Å². The van der Waals surface area contributed by atoms with Crippen molar-refractivity contribution in [2.75, 3.05) is 0 Å². The van der Waals surface area contributed by atoms with Gasteiger partial charge in [0.05, 0.1) is 12.2 Å². The molecule has 2 fully saturated rings. The molecule has 1 aromatic heterocycles. The highest BCUT2D eigenvalue weighted by Gasteiger charge is 2.57. The molecule has 1 saturated carbocycles. The molecule has 132 valence electrons. The minimum absolute atomic E-state index is 0.285. The van der Waals surface area contributed by atoms with E-state index >= 15 is 0 Å². The lowest BCUT2D eigenvalue weighted by atomic mass is 9.79. The lowest BCUT2D eigenvalue weighted by Gasteiger charge is -2.40. The van der Waals surface area contributed by atoms with E-state index in [1.807, 2.05) is 6.07 Å². The first-order valence-electron chi connectivity index (χ1n) is 8.00. The van der Waals surface area contributed by atoms with Crippen molar-refractivity contribution in [2.24, 2.45) is 0 Å². The van der Waals surface area contributed by atoms with Gasteiger partial charge in [-0.3, -0.25) is 9.59 Å². The number of ether oxygens (including phenoxy) is 4. The Hall–Kier alpha value is -1.86. The molecule has 1 aliphatic carbocycles. The van der Waals surface area contributed by atoms with E-state index in [0.717, 1.165) is 0 Å². The molecule has 0 radical (unpaired) electrons. The van der Waals surface area contributed by atoms with Crippen molar-refractivity contribution in [1.29, 1.82) is 0 Å². The molecule has 0 spiro atoms. The van der Waals surface area contributed by atoms with Gasteiger partial charge >= 0.3 is 11.9 Å². The molecule has 1 unspecified atom stereocenters. The highest BCUT2D eigenvalue weighted by molar-refractivity contribution is 5.67. The third-order valence-electron chi connectivity index (χ3n) is 4.26. The number of esters is 2. The van der Waals surface area contributed by atoms with Gasteiger partial charge in [0.15, 0.2) is 5.79 Å². The molecule has 5 atom stereocenters. The van der Waals surface area contributed by atoms with Gasteiger partial charge in [-0.25, -0.2) is 0 Å². The van der Waals surface area contributed by atoms with E-state index < -0.39 is 42.1 Å². The maximum absolute atomic E-state index is 11.6. The number of rotatable bonds is 3. The van der Waals surface area contributed by atoms with Crippen molar-refractivity contribution in [3.63, 3.8) is 0 Å². The maximum Gasteiger partial charge on any atom is 0.303 e. The van der Waals surface area contributed by atoms with E-state index in [0.29, 0.717) is 12.2 Å².